The van der Waals surface area contributed by atoms with Gasteiger partial charge in [0.2, 0.25) is 0 Å². The van der Waals surface area contributed by atoms with Gasteiger partial charge in [-0.1, -0.05) is 31.4 Å². The molecule has 0 aliphatic heterocycles. The van der Waals surface area contributed by atoms with Gasteiger partial charge < -0.3 is 5.32 Å². The molecule has 2 heteroatoms. The Kier molecular flexibility index (Phi) is 4.16. The molecule has 1 atom stereocenters. The molecule has 0 radical (unpaired) electrons. The molecule has 94 valence electrons. The van der Waals surface area contributed by atoms with Gasteiger partial charge in [-0.2, -0.15) is 0 Å². The summed E-state index contributed by atoms with van der Waals surface area (Å²) in [5.41, 5.74) is 1.98. The lowest BCUT2D eigenvalue weighted by Gasteiger charge is -2.30. The zero-order valence-corrected chi connectivity index (χ0v) is 10.8. The second-order valence-corrected chi connectivity index (χ2v) is 5.17. The summed E-state index contributed by atoms with van der Waals surface area (Å²) in [6.07, 6.45) is 6.63. The summed E-state index contributed by atoms with van der Waals surface area (Å²) in [4.78, 5) is 0. The van der Waals surface area contributed by atoms with Gasteiger partial charge in [0.15, 0.2) is 0 Å². The van der Waals surface area contributed by atoms with Crippen molar-refractivity contribution in [2.45, 2.75) is 45.1 Å². The third-order valence-corrected chi connectivity index (χ3v) is 3.97. The Labute approximate surface area is 103 Å². The van der Waals surface area contributed by atoms with E-state index in [4.69, 9.17) is 0 Å². The van der Waals surface area contributed by atoms with Crippen molar-refractivity contribution in [3.8, 4) is 0 Å². The Hall–Kier alpha value is -0.890. The van der Waals surface area contributed by atoms with E-state index in [1.807, 2.05) is 26.1 Å². The van der Waals surface area contributed by atoms with Crippen molar-refractivity contribution >= 4 is 0 Å². The molecule has 1 N–H and O–H groups in total. The molecule has 0 spiro atoms. The third kappa shape index (κ3) is 2.86. The van der Waals surface area contributed by atoms with Crippen LogP contribution in [0.2, 0.25) is 0 Å². The van der Waals surface area contributed by atoms with E-state index in [0.29, 0.717) is 12.0 Å². The van der Waals surface area contributed by atoms with Gasteiger partial charge in [0.1, 0.15) is 5.82 Å². The molecular weight excluding hydrogens is 213 g/mol. The molecule has 1 saturated carbocycles. The summed E-state index contributed by atoms with van der Waals surface area (Å²) in [5.74, 6) is 0.603. The maximum Gasteiger partial charge on any atom is 0.126 e. The van der Waals surface area contributed by atoms with Gasteiger partial charge in [-0.05, 0) is 49.9 Å². The highest BCUT2D eigenvalue weighted by molar-refractivity contribution is 5.27. The lowest BCUT2D eigenvalue weighted by molar-refractivity contribution is 0.281. The van der Waals surface area contributed by atoms with Crippen molar-refractivity contribution in [2.24, 2.45) is 5.92 Å². The van der Waals surface area contributed by atoms with Gasteiger partial charge in [-0.3, -0.25) is 0 Å². The van der Waals surface area contributed by atoms with Gasteiger partial charge in [0, 0.05) is 6.04 Å². The predicted molar refractivity (Wildman–Crippen MR) is 69.5 cm³/mol. The van der Waals surface area contributed by atoms with Crippen LogP contribution in [0.25, 0.3) is 0 Å². The Morgan fingerprint density at radius 1 is 1.24 bits per heavy atom. The first-order valence-electron chi connectivity index (χ1n) is 6.65. The summed E-state index contributed by atoms with van der Waals surface area (Å²) < 4.78 is 13.3. The highest BCUT2D eigenvalue weighted by Gasteiger charge is 2.23. The average Bonchev–Trinajstić information content (AvgIpc) is 2.36. The van der Waals surface area contributed by atoms with Crippen LogP contribution in [0.4, 0.5) is 4.39 Å². The van der Waals surface area contributed by atoms with E-state index in [0.717, 1.165) is 5.56 Å². The Balaban J connectivity index is 2.18. The van der Waals surface area contributed by atoms with Crippen LogP contribution in [0.1, 0.15) is 49.3 Å². The molecule has 17 heavy (non-hydrogen) atoms. The molecule has 1 aliphatic rings. The number of benzene rings is 1. The second kappa shape index (κ2) is 5.63. The number of rotatable bonds is 3. The minimum absolute atomic E-state index is 0.104. The van der Waals surface area contributed by atoms with Crippen molar-refractivity contribution in [1.82, 2.24) is 5.32 Å². The molecule has 0 saturated heterocycles. The molecular formula is C15H22FN. The largest absolute Gasteiger partial charge is 0.313 e. The van der Waals surface area contributed by atoms with Gasteiger partial charge in [-0.25, -0.2) is 4.39 Å². The second-order valence-electron chi connectivity index (χ2n) is 5.17. The summed E-state index contributed by atoms with van der Waals surface area (Å²) in [6, 6.07) is 5.90. The summed E-state index contributed by atoms with van der Waals surface area (Å²) in [5, 5.41) is 3.41. The normalized spacial score (nSPS) is 19.2. The van der Waals surface area contributed by atoms with Crippen molar-refractivity contribution in [3.63, 3.8) is 0 Å². The van der Waals surface area contributed by atoms with Crippen LogP contribution in [0.3, 0.4) is 0 Å². The van der Waals surface area contributed by atoms with Gasteiger partial charge >= 0.3 is 0 Å². The minimum atomic E-state index is -0.104. The van der Waals surface area contributed by atoms with E-state index < -0.39 is 0 Å². The number of aryl methyl sites for hydroxylation is 1. The summed E-state index contributed by atoms with van der Waals surface area (Å²) >= 11 is 0. The Morgan fingerprint density at radius 2 is 1.94 bits per heavy atom. The lowest BCUT2D eigenvalue weighted by atomic mass is 9.81. The molecule has 2 rings (SSSR count). The molecule has 1 fully saturated rings. The average molecular weight is 235 g/mol. The van der Waals surface area contributed by atoms with E-state index in [-0.39, 0.29) is 5.82 Å². The van der Waals surface area contributed by atoms with Crippen molar-refractivity contribution in [3.05, 3.63) is 35.1 Å². The Bertz CT molecular complexity index is 369. The topological polar surface area (TPSA) is 12.0 Å². The number of hydrogen-bond donors (Lipinski definition) is 1. The van der Waals surface area contributed by atoms with Crippen LogP contribution in [0.15, 0.2) is 18.2 Å². The number of halogens is 1. The highest BCUT2D eigenvalue weighted by atomic mass is 19.1. The fraction of sp³-hybridized carbons (Fsp3) is 0.600. The summed E-state index contributed by atoms with van der Waals surface area (Å²) in [6.45, 7) is 1.84. The standard InChI is InChI=1S/C15H22FN/c1-11-10-13(8-9-14(11)16)15(17-2)12-6-4-3-5-7-12/h8-10,12,15,17H,3-7H2,1-2H3. The molecule has 0 aromatic heterocycles. The van der Waals surface area contributed by atoms with Crippen molar-refractivity contribution in [1.29, 1.82) is 0 Å². The van der Waals surface area contributed by atoms with E-state index in [9.17, 15) is 4.39 Å². The van der Waals surface area contributed by atoms with Crippen LogP contribution in [-0.4, -0.2) is 7.05 Å². The van der Waals surface area contributed by atoms with Crippen LogP contribution in [-0.2, 0) is 0 Å². The van der Waals surface area contributed by atoms with Crippen molar-refractivity contribution in [2.75, 3.05) is 7.05 Å². The molecule has 1 aromatic carbocycles. The molecule has 1 nitrogen and oxygen atoms in total. The fourth-order valence-electron chi connectivity index (χ4n) is 3.00. The minimum Gasteiger partial charge on any atom is -0.313 e. The van der Waals surface area contributed by atoms with E-state index in [1.54, 1.807) is 6.07 Å². The maximum absolute atomic E-state index is 13.3. The van der Waals surface area contributed by atoms with Gasteiger partial charge in [0.05, 0.1) is 0 Å². The zero-order valence-electron chi connectivity index (χ0n) is 10.8. The van der Waals surface area contributed by atoms with Crippen LogP contribution < -0.4 is 5.32 Å². The highest BCUT2D eigenvalue weighted by Crippen LogP contribution is 2.34. The van der Waals surface area contributed by atoms with Crippen LogP contribution >= 0.6 is 0 Å². The summed E-state index contributed by atoms with van der Waals surface area (Å²) in [7, 11) is 2.01. The van der Waals surface area contributed by atoms with Crippen LogP contribution in [0, 0.1) is 18.7 Å². The quantitative estimate of drug-likeness (QED) is 0.835. The molecule has 1 aliphatic carbocycles. The number of hydrogen-bond acceptors (Lipinski definition) is 1. The zero-order chi connectivity index (χ0) is 12.3. The monoisotopic (exact) mass is 235 g/mol. The maximum atomic E-state index is 13.3. The number of nitrogens with one attached hydrogen (secondary N) is 1. The Morgan fingerprint density at radius 3 is 2.53 bits per heavy atom. The molecule has 0 bridgehead atoms. The fourth-order valence-corrected chi connectivity index (χ4v) is 3.00. The van der Waals surface area contributed by atoms with Crippen LogP contribution in [0.5, 0.6) is 0 Å². The van der Waals surface area contributed by atoms with Gasteiger partial charge in [0.25, 0.3) is 0 Å². The lowest BCUT2D eigenvalue weighted by Crippen LogP contribution is -2.27. The first-order valence-corrected chi connectivity index (χ1v) is 6.65. The third-order valence-electron chi connectivity index (χ3n) is 3.97. The van der Waals surface area contributed by atoms with Gasteiger partial charge in [-0.15, -0.1) is 0 Å². The molecule has 1 unspecified atom stereocenters. The SMILES string of the molecule is CNC(c1ccc(F)c(C)c1)C1CCCCC1. The first kappa shape index (κ1) is 12.6. The van der Waals surface area contributed by atoms with E-state index in [2.05, 4.69) is 5.32 Å². The van der Waals surface area contributed by atoms with E-state index >= 15 is 0 Å². The van der Waals surface area contributed by atoms with Crippen molar-refractivity contribution < 1.29 is 4.39 Å². The predicted octanol–water partition coefficient (Wildman–Crippen LogP) is 3.97. The molecule has 1 aromatic rings. The molecule has 0 heterocycles. The molecule has 0 amide bonds. The smallest absolute Gasteiger partial charge is 0.126 e. The van der Waals surface area contributed by atoms with E-state index in [1.165, 1.54) is 37.7 Å². The first-order chi connectivity index (χ1) is 8.22.